The summed E-state index contributed by atoms with van der Waals surface area (Å²) in [6, 6.07) is 8.50. The van der Waals surface area contributed by atoms with E-state index in [0.717, 1.165) is 55.7 Å². The fourth-order valence-corrected chi connectivity index (χ4v) is 4.42. The van der Waals surface area contributed by atoms with E-state index in [-0.39, 0.29) is 5.60 Å². The van der Waals surface area contributed by atoms with Crippen molar-refractivity contribution in [2.75, 3.05) is 31.7 Å². The van der Waals surface area contributed by atoms with E-state index in [1.807, 2.05) is 12.4 Å². The normalized spacial score (nSPS) is 18.9. The topological polar surface area (TPSA) is 63.3 Å². The van der Waals surface area contributed by atoms with Gasteiger partial charge >= 0.3 is 0 Å². The molecule has 134 valence electrons. The minimum atomic E-state index is -0.168. The molecule has 3 aromatic rings. The second-order valence-corrected chi connectivity index (χ2v) is 7.07. The molecule has 1 N–H and O–H groups in total. The predicted octanol–water partition coefficient (Wildman–Crippen LogP) is 3.03. The van der Waals surface area contributed by atoms with Gasteiger partial charge in [0.25, 0.3) is 0 Å². The highest BCUT2D eigenvalue weighted by atomic mass is 16.5. The van der Waals surface area contributed by atoms with Gasteiger partial charge in [-0.2, -0.15) is 5.10 Å². The lowest BCUT2D eigenvalue weighted by atomic mass is 9.79. The molecule has 0 bridgehead atoms. The lowest BCUT2D eigenvalue weighted by molar-refractivity contribution is -0.0766. The molecule has 1 fully saturated rings. The van der Waals surface area contributed by atoms with Crippen LogP contribution in [0.25, 0.3) is 11.0 Å². The first-order valence-corrected chi connectivity index (χ1v) is 9.13. The van der Waals surface area contributed by atoms with Crippen LogP contribution in [-0.2, 0) is 16.8 Å². The summed E-state index contributed by atoms with van der Waals surface area (Å²) in [6.45, 7) is 2.69. The van der Waals surface area contributed by atoms with Crippen molar-refractivity contribution in [2.24, 2.45) is 0 Å². The first-order valence-electron chi connectivity index (χ1n) is 9.13. The lowest BCUT2D eigenvalue weighted by Gasteiger charge is -2.45. The van der Waals surface area contributed by atoms with E-state index in [1.165, 1.54) is 16.8 Å². The minimum Gasteiger partial charge on any atom is -0.497 e. The van der Waals surface area contributed by atoms with Crippen molar-refractivity contribution < 1.29 is 9.47 Å². The maximum Gasteiger partial charge on any atom is 0.157 e. The van der Waals surface area contributed by atoms with Crippen molar-refractivity contribution in [3.8, 4) is 5.75 Å². The predicted molar refractivity (Wildman–Crippen MR) is 99.7 cm³/mol. The number of hydrogen-bond acceptors (Lipinski definition) is 5. The summed E-state index contributed by atoms with van der Waals surface area (Å²) in [5.41, 5.74) is 4.58. The molecule has 1 aromatic carbocycles. The van der Waals surface area contributed by atoms with Crippen LogP contribution >= 0.6 is 0 Å². The van der Waals surface area contributed by atoms with Crippen LogP contribution in [0.3, 0.4) is 0 Å². The molecule has 2 aliphatic rings. The number of nitrogens with one attached hydrogen (secondary N) is 1. The molecule has 0 unspecified atom stereocenters. The zero-order chi connectivity index (χ0) is 17.6. The van der Waals surface area contributed by atoms with Crippen LogP contribution in [0.15, 0.2) is 36.7 Å². The Hall–Kier alpha value is -2.60. The van der Waals surface area contributed by atoms with Crippen LogP contribution in [0.5, 0.6) is 5.75 Å². The Morgan fingerprint density at radius 1 is 1.23 bits per heavy atom. The number of rotatable bonds is 2. The van der Waals surface area contributed by atoms with Crippen molar-refractivity contribution in [1.82, 2.24) is 15.2 Å². The molecule has 6 heteroatoms. The van der Waals surface area contributed by atoms with Crippen LogP contribution < -0.4 is 9.64 Å². The highest BCUT2D eigenvalue weighted by molar-refractivity contribution is 5.88. The van der Waals surface area contributed by atoms with E-state index in [1.54, 1.807) is 7.11 Å². The SMILES string of the molecule is COc1ccc2c(c1)CCOC21CCN(c2ccnc3[nH]ncc23)CC1. The number of ether oxygens (including phenoxy) is 2. The molecule has 1 spiro atoms. The third-order valence-electron chi connectivity index (χ3n) is 5.80. The van der Waals surface area contributed by atoms with Gasteiger partial charge in [-0.15, -0.1) is 0 Å². The number of hydrogen-bond donors (Lipinski definition) is 1. The van der Waals surface area contributed by atoms with Gasteiger partial charge in [-0.25, -0.2) is 4.98 Å². The molecule has 1 saturated heterocycles. The third-order valence-corrected chi connectivity index (χ3v) is 5.80. The molecule has 0 radical (unpaired) electrons. The number of aromatic amines is 1. The number of benzene rings is 1. The number of piperidine rings is 1. The fraction of sp³-hybridized carbons (Fsp3) is 0.400. The van der Waals surface area contributed by atoms with Gasteiger partial charge in [-0.3, -0.25) is 5.10 Å². The van der Waals surface area contributed by atoms with Crippen molar-refractivity contribution in [2.45, 2.75) is 24.9 Å². The van der Waals surface area contributed by atoms with Crippen molar-refractivity contribution >= 4 is 16.7 Å². The Balaban J connectivity index is 1.43. The van der Waals surface area contributed by atoms with Gasteiger partial charge in [-0.1, -0.05) is 6.07 Å². The number of methoxy groups -OCH3 is 1. The molecule has 5 rings (SSSR count). The standard InChI is InChI=1S/C20H22N4O2/c1-25-15-2-3-17-14(12-15)5-11-26-20(17)6-9-24(10-7-20)18-4-8-21-19-16(18)13-22-23-19/h2-4,8,12-13H,5-7,9-11H2,1H3,(H,21,22,23). The van der Waals surface area contributed by atoms with Gasteiger partial charge < -0.3 is 14.4 Å². The van der Waals surface area contributed by atoms with E-state index < -0.39 is 0 Å². The molecular weight excluding hydrogens is 328 g/mol. The zero-order valence-electron chi connectivity index (χ0n) is 14.9. The summed E-state index contributed by atoms with van der Waals surface area (Å²) in [5, 5.41) is 8.17. The molecular formula is C20H22N4O2. The van der Waals surface area contributed by atoms with E-state index in [2.05, 4.69) is 44.3 Å². The Morgan fingerprint density at radius 2 is 2.12 bits per heavy atom. The smallest absolute Gasteiger partial charge is 0.157 e. The molecule has 0 atom stereocenters. The highest BCUT2D eigenvalue weighted by Crippen LogP contribution is 2.43. The highest BCUT2D eigenvalue weighted by Gasteiger charge is 2.41. The number of nitrogens with zero attached hydrogens (tertiary/aromatic N) is 3. The number of aromatic nitrogens is 3. The van der Waals surface area contributed by atoms with Crippen LogP contribution in [0.4, 0.5) is 5.69 Å². The number of fused-ring (bicyclic) bond motifs is 3. The maximum atomic E-state index is 6.36. The molecule has 6 nitrogen and oxygen atoms in total. The second kappa shape index (κ2) is 5.99. The van der Waals surface area contributed by atoms with Crippen LogP contribution in [0.2, 0.25) is 0 Å². The Kier molecular flexibility index (Phi) is 3.60. The molecule has 0 saturated carbocycles. The Morgan fingerprint density at radius 3 is 2.96 bits per heavy atom. The number of H-pyrrole nitrogens is 1. The van der Waals surface area contributed by atoms with E-state index >= 15 is 0 Å². The average Bonchev–Trinajstić information content (AvgIpc) is 3.17. The summed E-state index contributed by atoms with van der Waals surface area (Å²) in [4.78, 5) is 6.77. The zero-order valence-corrected chi connectivity index (χ0v) is 14.9. The quantitative estimate of drug-likeness (QED) is 0.770. The first kappa shape index (κ1) is 15.6. The van der Waals surface area contributed by atoms with Gasteiger partial charge in [0.15, 0.2) is 5.65 Å². The Bertz CT molecular complexity index is 944. The van der Waals surface area contributed by atoms with E-state index in [9.17, 15) is 0 Å². The number of anilines is 1. The molecule has 26 heavy (non-hydrogen) atoms. The second-order valence-electron chi connectivity index (χ2n) is 7.07. The average molecular weight is 350 g/mol. The minimum absolute atomic E-state index is 0.168. The van der Waals surface area contributed by atoms with Crippen LogP contribution in [0.1, 0.15) is 24.0 Å². The van der Waals surface area contributed by atoms with Crippen molar-refractivity contribution in [1.29, 1.82) is 0 Å². The van der Waals surface area contributed by atoms with E-state index in [4.69, 9.17) is 9.47 Å². The maximum absolute atomic E-state index is 6.36. The van der Waals surface area contributed by atoms with Crippen molar-refractivity contribution in [3.63, 3.8) is 0 Å². The summed E-state index contributed by atoms with van der Waals surface area (Å²) in [5.74, 6) is 0.928. The molecule has 4 heterocycles. The Labute approximate surface area is 152 Å². The van der Waals surface area contributed by atoms with Gasteiger partial charge in [0.05, 0.1) is 36.6 Å². The molecule has 2 aromatic heterocycles. The van der Waals surface area contributed by atoms with E-state index in [0.29, 0.717) is 0 Å². The first-order chi connectivity index (χ1) is 12.8. The largest absolute Gasteiger partial charge is 0.497 e. The van der Waals surface area contributed by atoms with Gasteiger partial charge in [0.1, 0.15) is 5.75 Å². The van der Waals surface area contributed by atoms with Crippen LogP contribution in [-0.4, -0.2) is 42.0 Å². The number of pyridine rings is 1. The molecule has 0 amide bonds. The monoisotopic (exact) mass is 350 g/mol. The van der Waals surface area contributed by atoms with Gasteiger partial charge in [-0.05, 0) is 48.6 Å². The van der Waals surface area contributed by atoms with Gasteiger partial charge in [0.2, 0.25) is 0 Å². The molecule has 2 aliphatic heterocycles. The summed E-state index contributed by atoms with van der Waals surface area (Å²) < 4.78 is 11.8. The lowest BCUT2D eigenvalue weighted by Crippen LogP contribution is -2.46. The molecule has 0 aliphatic carbocycles. The fourth-order valence-electron chi connectivity index (χ4n) is 4.42. The summed E-state index contributed by atoms with van der Waals surface area (Å²) >= 11 is 0. The van der Waals surface area contributed by atoms with Crippen LogP contribution in [0, 0.1) is 0 Å². The van der Waals surface area contributed by atoms with Crippen molar-refractivity contribution in [3.05, 3.63) is 47.8 Å². The van der Waals surface area contributed by atoms with Gasteiger partial charge in [0, 0.05) is 19.3 Å². The summed E-state index contributed by atoms with van der Waals surface area (Å²) in [7, 11) is 1.72. The summed E-state index contributed by atoms with van der Waals surface area (Å²) in [6.07, 6.45) is 6.62. The third kappa shape index (κ3) is 2.36.